The Labute approximate surface area is 199 Å². The highest BCUT2D eigenvalue weighted by Crippen LogP contribution is 2.34. The lowest BCUT2D eigenvalue weighted by atomic mass is 10.1. The molecule has 0 aromatic heterocycles. The van der Waals surface area contributed by atoms with Crippen molar-refractivity contribution in [3.63, 3.8) is 0 Å². The van der Waals surface area contributed by atoms with Crippen molar-refractivity contribution in [1.29, 1.82) is 0 Å². The number of sulfonamides is 1. The van der Waals surface area contributed by atoms with Gasteiger partial charge in [0.05, 0.1) is 10.7 Å². The predicted octanol–water partition coefficient (Wildman–Crippen LogP) is 0.542. The third kappa shape index (κ3) is 5.65. The molecule has 2 aliphatic rings. The van der Waals surface area contributed by atoms with E-state index in [9.17, 15) is 22.8 Å². The number of benzene rings is 1. The minimum absolute atomic E-state index is 0.142. The molecule has 3 N–H and O–H groups in total. The van der Waals surface area contributed by atoms with Crippen molar-refractivity contribution in [2.75, 3.05) is 37.6 Å². The highest BCUT2D eigenvalue weighted by molar-refractivity contribution is 7.89. The number of hydrogen-bond donors (Lipinski definition) is 2. The van der Waals surface area contributed by atoms with Crippen LogP contribution in [0.2, 0.25) is 5.02 Å². The molecule has 1 aromatic carbocycles. The second kappa shape index (κ2) is 10.4. The van der Waals surface area contributed by atoms with Gasteiger partial charge in [0.15, 0.2) is 6.04 Å². The van der Waals surface area contributed by atoms with Gasteiger partial charge in [-0.3, -0.25) is 19.3 Å². The summed E-state index contributed by atoms with van der Waals surface area (Å²) in [5, 5.41) is -0.151. The number of carbonyl (C=O) groups is 3. The van der Waals surface area contributed by atoms with E-state index in [-0.39, 0.29) is 21.5 Å². The molecule has 1 atom stereocenters. The van der Waals surface area contributed by atoms with Crippen molar-refractivity contribution in [1.82, 2.24) is 14.5 Å². The SMILES string of the molecule is CC(C)N1CCN(C(=O)[C@@H](NS(=O)(=O)c2cccc(N3CCCCC3=O)c2Cl)C(N)=O)CC1. The Hall–Kier alpha value is -2.21. The number of nitrogens with one attached hydrogen (secondary N) is 1. The van der Waals surface area contributed by atoms with E-state index in [0.29, 0.717) is 45.2 Å². The summed E-state index contributed by atoms with van der Waals surface area (Å²) in [5.74, 6) is -1.95. The van der Waals surface area contributed by atoms with Crippen LogP contribution in [0.3, 0.4) is 0 Å². The van der Waals surface area contributed by atoms with E-state index < -0.39 is 27.9 Å². The summed E-state index contributed by atoms with van der Waals surface area (Å²) < 4.78 is 28.4. The van der Waals surface area contributed by atoms with Gasteiger partial charge in [-0.1, -0.05) is 17.7 Å². The summed E-state index contributed by atoms with van der Waals surface area (Å²) in [7, 11) is -4.40. The van der Waals surface area contributed by atoms with Crippen molar-refractivity contribution < 1.29 is 22.8 Å². The molecule has 0 saturated carbocycles. The van der Waals surface area contributed by atoms with E-state index in [1.54, 1.807) is 6.07 Å². The van der Waals surface area contributed by atoms with E-state index in [4.69, 9.17) is 17.3 Å². The van der Waals surface area contributed by atoms with Crippen LogP contribution < -0.4 is 15.4 Å². The number of carbonyl (C=O) groups excluding carboxylic acids is 3. The van der Waals surface area contributed by atoms with Crippen LogP contribution in [0.5, 0.6) is 0 Å². The maximum atomic E-state index is 13.1. The van der Waals surface area contributed by atoms with Crippen molar-refractivity contribution in [2.24, 2.45) is 5.73 Å². The lowest BCUT2D eigenvalue weighted by Crippen LogP contribution is -2.59. The number of nitrogens with zero attached hydrogens (tertiary/aromatic N) is 3. The first-order valence-electron chi connectivity index (χ1n) is 11.0. The zero-order chi connectivity index (χ0) is 24.3. The Kier molecular flexibility index (Phi) is 7.99. The minimum Gasteiger partial charge on any atom is -0.368 e. The van der Waals surface area contributed by atoms with Gasteiger partial charge in [-0.25, -0.2) is 8.42 Å². The maximum absolute atomic E-state index is 13.1. The molecule has 10 nitrogen and oxygen atoms in total. The lowest BCUT2D eigenvalue weighted by Gasteiger charge is -2.37. The van der Waals surface area contributed by atoms with Crippen molar-refractivity contribution in [3.05, 3.63) is 23.2 Å². The van der Waals surface area contributed by atoms with Crippen LogP contribution in [0.25, 0.3) is 0 Å². The Bertz CT molecular complexity index is 1020. The summed E-state index contributed by atoms with van der Waals surface area (Å²) in [4.78, 5) is 42.0. The van der Waals surface area contributed by atoms with Gasteiger partial charge in [-0.2, -0.15) is 4.72 Å². The number of amides is 3. The summed E-state index contributed by atoms with van der Waals surface area (Å²) in [6, 6.07) is 2.83. The first-order chi connectivity index (χ1) is 15.5. The fraction of sp³-hybridized carbons (Fsp3) is 0.571. The molecular formula is C21H30ClN5O5S. The maximum Gasteiger partial charge on any atom is 0.250 e. The number of primary amides is 1. The standard InChI is InChI=1S/C21H30ClN5O5S/c1-14(2)25-10-12-26(13-11-25)21(30)19(20(23)29)24-33(31,32)16-7-5-6-15(18(16)22)27-9-4-3-8-17(27)28/h5-7,14,19,24H,3-4,8-13H2,1-2H3,(H2,23,29)/t19-/m0/s1. The predicted molar refractivity (Wildman–Crippen MR) is 124 cm³/mol. The topological polar surface area (TPSA) is 133 Å². The van der Waals surface area contributed by atoms with Crippen LogP contribution >= 0.6 is 11.6 Å². The van der Waals surface area contributed by atoms with Gasteiger partial charge in [0, 0.05) is 45.2 Å². The molecule has 2 fully saturated rings. The van der Waals surface area contributed by atoms with Gasteiger partial charge in [0.2, 0.25) is 21.8 Å². The quantitative estimate of drug-likeness (QED) is 0.526. The van der Waals surface area contributed by atoms with Crippen LogP contribution in [0.1, 0.15) is 33.1 Å². The van der Waals surface area contributed by atoms with Crippen LogP contribution in [-0.4, -0.2) is 80.7 Å². The van der Waals surface area contributed by atoms with Crippen LogP contribution in [0, 0.1) is 0 Å². The average Bonchev–Trinajstić information content (AvgIpc) is 2.77. The molecule has 1 aromatic rings. The molecule has 3 rings (SSSR count). The highest BCUT2D eigenvalue weighted by atomic mass is 35.5. The number of piperidine rings is 1. The largest absolute Gasteiger partial charge is 0.368 e. The zero-order valence-electron chi connectivity index (χ0n) is 18.8. The number of hydrogen-bond acceptors (Lipinski definition) is 6. The van der Waals surface area contributed by atoms with Crippen molar-refractivity contribution in [3.8, 4) is 0 Å². The molecule has 2 aliphatic heterocycles. The van der Waals surface area contributed by atoms with E-state index >= 15 is 0 Å². The second-order valence-corrected chi connectivity index (χ2v) is 10.6. The van der Waals surface area contributed by atoms with E-state index in [1.165, 1.54) is 21.9 Å². The number of halogens is 1. The Morgan fingerprint density at radius 3 is 2.33 bits per heavy atom. The van der Waals surface area contributed by atoms with E-state index in [1.807, 2.05) is 13.8 Å². The number of piperazine rings is 1. The molecule has 0 aliphatic carbocycles. The third-order valence-electron chi connectivity index (χ3n) is 6.01. The van der Waals surface area contributed by atoms with Gasteiger partial charge in [-0.15, -0.1) is 0 Å². The molecule has 0 radical (unpaired) electrons. The van der Waals surface area contributed by atoms with E-state index in [2.05, 4.69) is 9.62 Å². The van der Waals surface area contributed by atoms with Gasteiger partial charge >= 0.3 is 0 Å². The van der Waals surface area contributed by atoms with Gasteiger partial charge < -0.3 is 15.5 Å². The number of rotatable bonds is 7. The number of anilines is 1. The smallest absolute Gasteiger partial charge is 0.250 e. The van der Waals surface area contributed by atoms with Crippen LogP contribution in [0.4, 0.5) is 5.69 Å². The minimum atomic E-state index is -4.40. The third-order valence-corrected chi connectivity index (χ3v) is 7.98. The Morgan fingerprint density at radius 1 is 1.09 bits per heavy atom. The van der Waals surface area contributed by atoms with Crippen LogP contribution in [-0.2, 0) is 24.4 Å². The molecule has 0 bridgehead atoms. The molecule has 3 amide bonds. The lowest BCUT2D eigenvalue weighted by molar-refractivity contribution is -0.139. The monoisotopic (exact) mass is 499 g/mol. The molecule has 2 saturated heterocycles. The fourth-order valence-corrected chi connectivity index (χ4v) is 5.85. The van der Waals surface area contributed by atoms with Crippen molar-refractivity contribution in [2.45, 2.75) is 50.1 Å². The van der Waals surface area contributed by atoms with Gasteiger partial charge in [-0.05, 0) is 38.8 Å². The zero-order valence-corrected chi connectivity index (χ0v) is 20.4. The Balaban J connectivity index is 1.82. The summed E-state index contributed by atoms with van der Waals surface area (Å²) in [5.41, 5.74) is 5.67. The second-order valence-electron chi connectivity index (χ2n) is 8.50. The normalized spacial score (nSPS) is 19.1. The van der Waals surface area contributed by atoms with E-state index in [0.717, 1.165) is 12.8 Å². The average molecular weight is 500 g/mol. The molecule has 0 unspecified atom stereocenters. The van der Waals surface area contributed by atoms with Crippen molar-refractivity contribution >= 4 is 45.0 Å². The highest BCUT2D eigenvalue weighted by Gasteiger charge is 2.36. The first kappa shape index (κ1) is 25.4. The molecule has 33 heavy (non-hydrogen) atoms. The van der Waals surface area contributed by atoms with Gasteiger partial charge in [0.1, 0.15) is 4.90 Å². The Morgan fingerprint density at radius 2 is 1.76 bits per heavy atom. The molecule has 0 spiro atoms. The molecular weight excluding hydrogens is 470 g/mol. The fourth-order valence-electron chi connectivity index (χ4n) is 4.07. The summed E-state index contributed by atoms with van der Waals surface area (Å²) in [6.45, 7) is 6.46. The van der Waals surface area contributed by atoms with Crippen LogP contribution in [0.15, 0.2) is 23.1 Å². The molecule has 182 valence electrons. The number of nitrogens with two attached hydrogens (primary N) is 1. The first-order valence-corrected chi connectivity index (χ1v) is 12.8. The summed E-state index contributed by atoms with van der Waals surface area (Å²) in [6.07, 6.45) is 1.90. The summed E-state index contributed by atoms with van der Waals surface area (Å²) >= 11 is 6.40. The molecule has 2 heterocycles. The van der Waals surface area contributed by atoms with Gasteiger partial charge in [0.25, 0.3) is 5.91 Å². The molecule has 12 heteroatoms.